The van der Waals surface area contributed by atoms with E-state index in [0.29, 0.717) is 5.95 Å². The van der Waals surface area contributed by atoms with E-state index in [0.717, 1.165) is 22.4 Å². The first kappa shape index (κ1) is 11.4. The maximum atomic E-state index is 5.72. The number of nitrogens with two attached hydrogens (primary N) is 1. The molecule has 0 aliphatic rings. The molecule has 0 amide bonds. The maximum Gasteiger partial charge on any atom is 0.220 e. The number of benzene rings is 2. The predicted molar refractivity (Wildman–Crippen MR) is 77.3 cm³/mol. The number of hydrogen-bond donors (Lipinski definition) is 1. The molecule has 1 aromatic heterocycles. The van der Waals surface area contributed by atoms with Gasteiger partial charge in [0.25, 0.3) is 0 Å². The van der Waals surface area contributed by atoms with E-state index in [-0.39, 0.29) is 0 Å². The van der Waals surface area contributed by atoms with E-state index in [2.05, 4.69) is 9.97 Å². The van der Waals surface area contributed by atoms with Gasteiger partial charge in [-0.1, -0.05) is 60.7 Å². The lowest BCUT2D eigenvalue weighted by Crippen LogP contribution is -1.98. The Bertz CT molecular complexity index is 679. The van der Waals surface area contributed by atoms with Crippen molar-refractivity contribution in [3.05, 3.63) is 66.9 Å². The van der Waals surface area contributed by atoms with Crippen molar-refractivity contribution in [3.8, 4) is 22.4 Å². The van der Waals surface area contributed by atoms with E-state index in [1.165, 1.54) is 0 Å². The van der Waals surface area contributed by atoms with Crippen molar-refractivity contribution in [1.29, 1.82) is 0 Å². The van der Waals surface area contributed by atoms with Crippen LogP contribution in [0.5, 0.6) is 0 Å². The van der Waals surface area contributed by atoms with Crippen LogP contribution in [0.2, 0.25) is 0 Å². The van der Waals surface area contributed by atoms with Crippen LogP contribution in [-0.2, 0) is 0 Å². The third-order valence-corrected chi connectivity index (χ3v) is 2.94. The van der Waals surface area contributed by atoms with Gasteiger partial charge in [0.15, 0.2) is 0 Å². The molecule has 3 nitrogen and oxygen atoms in total. The Morgan fingerprint density at radius 1 is 0.737 bits per heavy atom. The van der Waals surface area contributed by atoms with Gasteiger partial charge in [-0.15, -0.1) is 0 Å². The number of nitrogens with zero attached hydrogens (tertiary/aromatic N) is 2. The van der Waals surface area contributed by atoms with Crippen molar-refractivity contribution < 1.29 is 0 Å². The topological polar surface area (TPSA) is 51.8 Å². The van der Waals surface area contributed by atoms with Crippen LogP contribution in [-0.4, -0.2) is 9.97 Å². The van der Waals surface area contributed by atoms with Crippen molar-refractivity contribution in [3.63, 3.8) is 0 Å². The molecule has 0 bridgehead atoms. The summed E-state index contributed by atoms with van der Waals surface area (Å²) in [6.07, 6.45) is 1.78. The standard InChI is InChI=1S/C16H13N3/c17-16-18-11-14(12-7-3-1-4-8-12)15(19-16)13-9-5-2-6-10-13/h1-11H,(H2,17,18,19). The summed E-state index contributed by atoms with van der Waals surface area (Å²) in [5.74, 6) is 0.290. The van der Waals surface area contributed by atoms with Gasteiger partial charge in [-0.05, 0) is 5.56 Å². The molecule has 0 atom stereocenters. The molecule has 3 rings (SSSR count). The fourth-order valence-corrected chi connectivity index (χ4v) is 2.04. The summed E-state index contributed by atoms with van der Waals surface area (Å²) < 4.78 is 0. The van der Waals surface area contributed by atoms with Crippen molar-refractivity contribution in [2.45, 2.75) is 0 Å². The molecular formula is C16H13N3. The third kappa shape index (κ3) is 2.31. The van der Waals surface area contributed by atoms with Crippen LogP contribution in [0.4, 0.5) is 5.95 Å². The number of aromatic nitrogens is 2. The molecule has 0 saturated heterocycles. The highest BCUT2D eigenvalue weighted by Crippen LogP contribution is 2.29. The third-order valence-electron chi connectivity index (χ3n) is 2.94. The lowest BCUT2D eigenvalue weighted by molar-refractivity contribution is 1.19. The fourth-order valence-electron chi connectivity index (χ4n) is 2.04. The van der Waals surface area contributed by atoms with Crippen LogP contribution in [0, 0.1) is 0 Å². The monoisotopic (exact) mass is 247 g/mol. The highest BCUT2D eigenvalue weighted by atomic mass is 15.0. The van der Waals surface area contributed by atoms with E-state index >= 15 is 0 Å². The number of rotatable bonds is 2. The van der Waals surface area contributed by atoms with Crippen LogP contribution in [0.15, 0.2) is 66.9 Å². The van der Waals surface area contributed by atoms with Gasteiger partial charge in [-0.3, -0.25) is 0 Å². The summed E-state index contributed by atoms with van der Waals surface area (Å²) in [7, 11) is 0. The minimum Gasteiger partial charge on any atom is -0.368 e. The van der Waals surface area contributed by atoms with Crippen molar-refractivity contribution >= 4 is 5.95 Å². The average Bonchev–Trinajstić information content (AvgIpc) is 2.49. The molecule has 2 N–H and O–H groups in total. The van der Waals surface area contributed by atoms with Crippen molar-refractivity contribution in [1.82, 2.24) is 9.97 Å². The number of nitrogen functional groups attached to an aromatic ring is 1. The zero-order chi connectivity index (χ0) is 13.1. The number of hydrogen-bond acceptors (Lipinski definition) is 3. The Kier molecular flexibility index (Phi) is 2.94. The SMILES string of the molecule is Nc1ncc(-c2ccccc2)c(-c2ccccc2)n1. The summed E-state index contributed by atoms with van der Waals surface area (Å²) in [6, 6.07) is 20.1. The van der Waals surface area contributed by atoms with Gasteiger partial charge in [0.2, 0.25) is 5.95 Å². The summed E-state index contributed by atoms with van der Waals surface area (Å²) in [4.78, 5) is 8.49. The predicted octanol–water partition coefficient (Wildman–Crippen LogP) is 3.39. The van der Waals surface area contributed by atoms with Crippen molar-refractivity contribution in [2.24, 2.45) is 0 Å². The van der Waals surface area contributed by atoms with Crippen LogP contribution < -0.4 is 5.73 Å². The molecule has 1 heterocycles. The van der Waals surface area contributed by atoms with Crippen molar-refractivity contribution in [2.75, 3.05) is 5.73 Å². The van der Waals surface area contributed by atoms with E-state index in [1.807, 2.05) is 60.7 Å². The Hall–Kier alpha value is -2.68. The summed E-state index contributed by atoms with van der Waals surface area (Å²) in [6.45, 7) is 0. The largest absolute Gasteiger partial charge is 0.368 e. The molecule has 3 heteroatoms. The van der Waals surface area contributed by atoms with Gasteiger partial charge in [0.1, 0.15) is 0 Å². The molecule has 0 spiro atoms. The minimum atomic E-state index is 0.290. The smallest absolute Gasteiger partial charge is 0.220 e. The van der Waals surface area contributed by atoms with Gasteiger partial charge in [0.05, 0.1) is 5.69 Å². The Labute approximate surface area is 111 Å². The second-order valence-electron chi connectivity index (χ2n) is 4.22. The minimum absolute atomic E-state index is 0.290. The molecule has 92 valence electrons. The molecule has 0 aliphatic heterocycles. The number of anilines is 1. The zero-order valence-corrected chi connectivity index (χ0v) is 10.3. The Morgan fingerprint density at radius 2 is 1.32 bits per heavy atom. The van der Waals surface area contributed by atoms with Gasteiger partial charge in [-0.2, -0.15) is 0 Å². The van der Waals surface area contributed by atoms with Gasteiger partial charge < -0.3 is 5.73 Å². The first-order chi connectivity index (χ1) is 9.34. The second kappa shape index (κ2) is 4.90. The van der Waals surface area contributed by atoms with Crippen LogP contribution in [0.1, 0.15) is 0 Å². The fraction of sp³-hybridized carbons (Fsp3) is 0. The molecule has 0 aliphatic carbocycles. The highest BCUT2D eigenvalue weighted by Gasteiger charge is 2.09. The van der Waals surface area contributed by atoms with Crippen LogP contribution in [0.25, 0.3) is 22.4 Å². The lowest BCUT2D eigenvalue weighted by atomic mass is 10.0. The molecule has 3 aromatic rings. The second-order valence-corrected chi connectivity index (χ2v) is 4.22. The molecule has 19 heavy (non-hydrogen) atoms. The van der Waals surface area contributed by atoms with Gasteiger partial charge >= 0.3 is 0 Å². The Morgan fingerprint density at radius 3 is 1.95 bits per heavy atom. The molecule has 2 aromatic carbocycles. The van der Waals surface area contributed by atoms with E-state index in [1.54, 1.807) is 6.20 Å². The average molecular weight is 247 g/mol. The molecular weight excluding hydrogens is 234 g/mol. The first-order valence-corrected chi connectivity index (χ1v) is 6.08. The maximum absolute atomic E-state index is 5.72. The summed E-state index contributed by atoms with van der Waals surface area (Å²) >= 11 is 0. The van der Waals surface area contributed by atoms with E-state index < -0.39 is 0 Å². The van der Waals surface area contributed by atoms with Gasteiger partial charge in [-0.25, -0.2) is 9.97 Å². The van der Waals surface area contributed by atoms with E-state index in [9.17, 15) is 0 Å². The Balaban J connectivity index is 2.21. The zero-order valence-electron chi connectivity index (χ0n) is 10.3. The van der Waals surface area contributed by atoms with Crippen LogP contribution in [0.3, 0.4) is 0 Å². The molecule has 0 radical (unpaired) electrons. The summed E-state index contributed by atoms with van der Waals surface area (Å²) in [5.41, 5.74) is 9.69. The first-order valence-electron chi connectivity index (χ1n) is 6.08. The summed E-state index contributed by atoms with van der Waals surface area (Å²) in [5, 5.41) is 0. The van der Waals surface area contributed by atoms with Crippen LogP contribution >= 0.6 is 0 Å². The molecule has 0 unspecified atom stereocenters. The van der Waals surface area contributed by atoms with Gasteiger partial charge in [0, 0.05) is 17.3 Å². The highest BCUT2D eigenvalue weighted by molar-refractivity contribution is 5.80. The molecule has 0 fully saturated rings. The van der Waals surface area contributed by atoms with E-state index in [4.69, 9.17) is 5.73 Å². The normalized spacial score (nSPS) is 10.3. The quantitative estimate of drug-likeness (QED) is 0.755. The molecule has 0 saturated carbocycles. The lowest BCUT2D eigenvalue weighted by Gasteiger charge is -2.09.